The average molecular weight is 533 g/mol. The Labute approximate surface area is 221 Å². The molecule has 1 rings (SSSR count). The van der Waals surface area contributed by atoms with Gasteiger partial charge in [-0.1, -0.05) is 37.8 Å². The summed E-state index contributed by atoms with van der Waals surface area (Å²) in [5.74, 6) is -0.155. The molecule has 0 unspecified atom stereocenters. The number of ether oxygens (including phenoxy) is 7. The molecule has 1 amide bonds. The number of nitrogens with one attached hydrogen (secondary N) is 1. The van der Waals surface area contributed by atoms with Crippen molar-refractivity contribution in [2.24, 2.45) is 0 Å². The van der Waals surface area contributed by atoms with Gasteiger partial charge in [0.1, 0.15) is 12.3 Å². The summed E-state index contributed by atoms with van der Waals surface area (Å²) in [4.78, 5) is 11.2. The Morgan fingerprint density at radius 1 is 0.784 bits per heavy atom. The molecule has 1 aromatic rings. The van der Waals surface area contributed by atoms with Crippen molar-refractivity contribution in [3.05, 3.63) is 11.9 Å². The molecule has 0 aliphatic carbocycles. The van der Waals surface area contributed by atoms with E-state index in [0.29, 0.717) is 85.8 Å². The summed E-state index contributed by atoms with van der Waals surface area (Å²) >= 11 is 0. The number of unbranched alkanes of at least 4 members (excludes halogenated alkanes) is 4. The van der Waals surface area contributed by atoms with Gasteiger partial charge in [0.2, 0.25) is 5.91 Å². The monoisotopic (exact) mass is 532 g/mol. The molecule has 0 saturated carbocycles. The van der Waals surface area contributed by atoms with E-state index >= 15 is 0 Å². The Bertz CT molecular complexity index is 636. The number of carbonyl (C=O) groups excluding carboxylic acids is 1. The summed E-state index contributed by atoms with van der Waals surface area (Å²) in [6.07, 6.45) is 8.17. The predicted octanol–water partition coefficient (Wildman–Crippen LogP) is 1.61. The molecule has 1 heterocycles. The molecule has 0 bridgehead atoms. The van der Waals surface area contributed by atoms with Crippen LogP contribution in [0, 0.1) is 0 Å². The first-order chi connectivity index (χ1) is 18.3. The fourth-order valence-electron chi connectivity index (χ4n) is 3.11. The highest BCUT2D eigenvalue weighted by Crippen LogP contribution is 2.04. The van der Waals surface area contributed by atoms with Crippen LogP contribution < -0.4 is 5.32 Å². The van der Waals surface area contributed by atoms with Crippen molar-refractivity contribution in [3.63, 3.8) is 0 Å². The maximum Gasteiger partial charge on any atom is 0.246 e. The van der Waals surface area contributed by atoms with Crippen molar-refractivity contribution < 1.29 is 38.0 Å². The molecule has 0 aromatic carbocycles. The summed E-state index contributed by atoms with van der Waals surface area (Å²) in [5, 5.41) is 11.0. The Hall–Kier alpha value is -1.67. The summed E-state index contributed by atoms with van der Waals surface area (Å²) in [6.45, 7) is 9.50. The van der Waals surface area contributed by atoms with Gasteiger partial charge >= 0.3 is 0 Å². The third kappa shape index (κ3) is 22.1. The molecule has 1 aromatic heterocycles. The number of hydrogen-bond donors (Lipinski definition) is 1. The maximum absolute atomic E-state index is 11.2. The molecule has 1 N–H and O–H groups in total. The molecule has 0 radical (unpaired) electrons. The van der Waals surface area contributed by atoms with Crippen molar-refractivity contribution in [3.8, 4) is 0 Å². The van der Waals surface area contributed by atoms with Crippen LogP contribution in [0.15, 0.2) is 6.20 Å². The molecular formula is C25H48N4O8. The average Bonchev–Trinajstić information content (AvgIpc) is 3.35. The Kier molecular flexibility index (Phi) is 23.4. The molecule has 37 heavy (non-hydrogen) atoms. The number of aromatic nitrogens is 3. The van der Waals surface area contributed by atoms with Crippen LogP contribution in [0.1, 0.15) is 44.7 Å². The molecule has 0 aliphatic heterocycles. The second-order valence-corrected chi connectivity index (χ2v) is 8.28. The normalized spacial score (nSPS) is 11.3. The van der Waals surface area contributed by atoms with E-state index in [1.54, 1.807) is 0 Å². The van der Waals surface area contributed by atoms with Gasteiger partial charge < -0.3 is 38.5 Å². The standard InChI is InChI=1S/C25H48N4O8/c1-3-4-5-6-7-9-29-21-24(27-28-29)22-37-20-19-36-18-17-35-16-15-34-14-13-33-12-11-32-10-8-26-25(30)23-31-2/h21H,3-20,22-23H2,1-2H3,(H,26,30). The lowest BCUT2D eigenvalue weighted by Gasteiger charge is -2.08. The van der Waals surface area contributed by atoms with Crippen molar-refractivity contribution in [1.29, 1.82) is 0 Å². The third-order valence-electron chi connectivity index (χ3n) is 5.03. The fraction of sp³-hybridized carbons (Fsp3) is 0.880. The first-order valence-corrected chi connectivity index (χ1v) is 13.4. The minimum atomic E-state index is -0.155. The largest absolute Gasteiger partial charge is 0.377 e. The van der Waals surface area contributed by atoms with Gasteiger partial charge in [0, 0.05) is 20.2 Å². The van der Waals surface area contributed by atoms with Gasteiger partial charge in [-0.3, -0.25) is 9.48 Å². The minimum Gasteiger partial charge on any atom is -0.377 e. The SMILES string of the molecule is CCCCCCCn1cc(COCCOCCOCCOCCOCCOCCNC(=O)COC)nn1. The Morgan fingerprint density at radius 2 is 1.32 bits per heavy atom. The molecule has 0 spiro atoms. The number of methoxy groups -OCH3 is 1. The molecule has 216 valence electrons. The summed E-state index contributed by atoms with van der Waals surface area (Å²) in [5.41, 5.74) is 0.844. The smallest absolute Gasteiger partial charge is 0.246 e. The zero-order valence-electron chi connectivity index (χ0n) is 22.8. The number of hydrogen-bond acceptors (Lipinski definition) is 10. The predicted molar refractivity (Wildman–Crippen MR) is 137 cm³/mol. The van der Waals surface area contributed by atoms with Crippen LogP contribution in [0.3, 0.4) is 0 Å². The highest BCUT2D eigenvalue weighted by atomic mass is 16.6. The second-order valence-electron chi connectivity index (χ2n) is 8.28. The van der Waals surface area contributed by atoms with Crippen molar-refractivity contribution in [1.82, 2.24) is 20.3 Å². The van der Waals surface area contributed by atoms with Crippen molar-refractivity contribution in [2.45, 2.75) is 52.2 Å². The summed E-state index contributed by atoms with van der Waals surface area (Å²) < 4.78 is 39.4. The minimum absolute atomic E-state index is 0.0593. The highest BCUT2D eigenvalue weighted by molar-refractivity contribution is 5.77. The Balaban J connectivity index is 1.74. The van der Waals surface area contributed by atoms with Crippen molar-refractivity contribution >= 4 is 5.91 Å². The van der Waals surface area contributed by atoms with E-state index in [4.69, 9.17) is 33.2 Å². The van der Waals surface area contributed by atoms with E-state index in [0.717, 1.165) is 18.7 Å². The van der Waals surface area contributed by atoms with E-state index in [9.17, 15) is 4.79 Å². The maximum atomic E-state index is 11.2. The van der Waals surface area contributed by atoms with E-state index in [-0.39, 0.29) is 12.5 Å². The van der Waals surface area contributed by atoms with Gasteiger partial charge in [-0.25, -0.2) is 0 Å². The number of nitrogens with zero attached hydrogens (tertiary/aromatic N) is 3. The van der Waals surface area contributed by atoms with E-state index < -0.39 is 0 Å². The zero-order chi connectivity index (χ0) is 26.7. The zero-order valence-corrected chi connectivity index (χ0v) is 22.8. The van der Waals surface area contributed by atoms with Gasteiger partial charge in [0.05, 0.1) is 85.5 Å². The van der Waals surface area contributed by atoms with Crippen LogP contribution in [-0.4, -0.2) is 114 Å². The Morgan fingerprint density at radius 3 is 1.89 bits per heavy atom. The fourth-order valence-corrected chi connectivity index (χ4v) is 3.11. The van der Waals surface area contributed by atoms with E-state index in [2.05, 4.69) is 22.6 Å². The summed E-state index contributed by atoms with van der Waals surface area (Å²) in [7, 11) is 1.48. The van der Waals surface area contributed by atoms with Gasteiger partial charge in [-0.2, -0.15) is 0 Å². The first kappa shape index (κ1) is 33.4. The van der Waals surface area contributed by atoms with Crippen molar-refractivity contribution in [2.75, 3.05) is 92.9 Å². The second kappa shape index (κ2) is 26.0. The summed E-state index contributed by atoms with van der Waals surface area (Å²) in [6, 6.07) is 0. The number of aryl methyl sites for hydroxylation is 1. The third-order valence-corrected chi connectivity index (χ3v) is 5.03. The van der Waals surface area contributed by atoms with Crippen LogP contribution in [-0.2, 0) is 51.1 Å². The van der Waals surface area contributed by atoms with Crippen LogP contribution in [0.4, 0.5) is 0 Å². The highest BCUT2D eigenvalue weighted by Gasteiger charge is 2.02. The first-order valence-electron chi connectivity index (χ1n) is 13.4. The van der Waals surface area contributed by atoms with Crippen LogP contribution in [0.2, 0.25) is 0 Å². The number of rotatable bonds is 28. The van der Waals surface area contributed by atoms with Gasteiger partial charge in [-0.15, -0.1) is 5.10 Å². The molecule has 0 atom stereocenters. The van der Waals surface area contributed by atoms with Crippen LogP contribution in [0.25, 0.3) is 0 Å². The lowest BCUT2D eigenvalue weighted by Crippen LogP contribution is -2.30. The van der Waals surface area contributed by atoms with Gasteiger partial charge in [0.25, 0.3) is 0 Å². The molecule has 0 aliphatic rings. The van der Waals surface area contributed by atoms with Gasteiger partial charge in [-0.05, 0) is 6.42 Å². The molecule has 0 saturated heterocycles. The van der Waals surface area contributed by atoms with Gasteiger partial charge in [0.15, 0.2) is 0 Å². The number of amides is 1. The topological polar surface area (TPSA) is 124 Å². The number of carbonyl (C=O) groups is 1. The van der Waals surface area contributed by atoms with E-state index in [1.165, 1.54) is 32.8 Å². The molecular weight excluding hydrogens is 484 g/mol. The molecule has 0 fully saturated rings. The van der Waals surface area contributed by atoms with E-state index in [1.807, 2.05) is 10.9 Å². The lowest BCUT2D eigenvalue weighted by molar-refractivity contribution is -0.125. The molecule has 12 nitrogen and oxygen atoms in total. The molecule has 12 heteroatoms. The lowest BCUT2D eigenvalue weighted by atomic mass is 10.1. The van der Waals surface area contributed by atoms with Crippen LogP contribution in [0.5, 0.6) is 0 Å². The van der Waals surface area contributed by atoms with Crippen LogP contribution >= 0.6 is 0 Å². The quantitative estimate of drug-likeness (QED) is 0.159.